The Bertz CT molecular complexity index is 302. The molecule has 0 aliphatic rings. The zero-order valence-corrected chi connectivity index (χ0v) is 8.83. The zero-order valence-electron chi connectivity index (χ0n) is 8.01. The fourth-order valence-corrected chi connectivity index (χ4v) is 1.29. The predicted octanol–water partition coefficient (Wildman–Crippen LogP) is 1.34. The van der Waals surface area contributed by atoms with Crippen LogP contribution in [0.25, 0.3) is 0 Å². The fourth-order valence-electron chi connectivity index (χ4n) is 1.18. The van der Waals surface area contributed by atoms with E-state index >= 15 is 0 Å². The highest BCUT2D eigenvalue weighted by molar-refractivity contribution is 7.80. The van der Waals surface area contributed by atoms with Crippen molar-refractivity contribution >= 4 is 17.4 Å². The summed E-state index contributed by atoms with van der Waals surface area (Å²) < 4.78 is 5.05. The number of thiocarbonyl (C=S) groups is 1. The normalized spacial score (nSPS) is 14.4. The highest BCUT2D eigenvalue weighted by atomic mass is 32.1. The van der Waals surface area contributed by atoms with Crippen molar-refractivity contribution in [2.45, 2.75) is 19.1 Å². The van der Waals surface area contributed by atoms with Crippen molar-refractivity contribution in [1.29, 1.82) is 0 Å². The van der Waals surface area contributed by atoms with Crippen molar-refractivity contribution in [3.8, 4) is 0 Å². The van der Waals surface area contributed by atoms with Crippen molar-refractivity contribution < 1.29 is 4.74 Å². The molecule has 1 aromatic carbocycles. The molecule has 3 nitrogen and oxygen atoms in total. The quantitative estimate of drug-likeness (QED) is 0.583. The third-order valence-corrected chi connectivity index (χ3v) is 2.17. The van der Waals surface area contributed by atoms with Gasteiger partial charge in [0, 0.05) is 5.92 Å². The van der Waals surface area contributed by atoms with Crippen molar-refractivity contribution in [3.63, 3.8) is 0 Å². The van der Waals surface area contributed by atoms with E-state index in [2.05, 4.69) is 12.2 Å². The molecule has 0 aliphatic heterocycles. The van der Waals surface area contributed by atoms with Crippen molar-refractivity contribution in [3.05, 3.63) is 35.9 Å². The molecule has 2 atom stereocenters. The molecule has 4 heteroatoms. The molecule has 4 N–H and O–H groups in total. The molecule has 0 fully saturated rings. The Kier molecular flexibility index (Phi) is 3.85. The topological polar surface area (TPSA) is 61.3 Å². The van der Waals surface area contributed by atoms with Crippen LogP contribution < -0.4 is 11.5 Å². The Balaban J connectivity index is 2.65. The first-order valence-corrected chi connectivity index (χ1v) is 4.78. The van der Waals surface area contributed by atoms with Gasteiger partial charge in [-0.3, -0.25) is 5.73 Å². The Morgan fingerprint density at radius 3 is 2.43 bits per heavy atom. The Morgan fingerprint density at radius 2 is 1.93 bits per heavy atom. The highest BCUT2D eigenvalue weighted by Gasteiger charge is 2.16. The van der Waals surface area contributed by atoms with Gasteiger partial charge in [0.25, 0.3) is 5.17 Å². The van der Waals surface area contributed by atoms with Crippen molar-refractivity contribution in [1.82, 2.24) is 0 Å². The summed E-state index contributed by atoms with van der Waals surface area (Å²) in [5.74, 6) is 0.0673. The van der Waals surface area contributed by atoms with Crippen LogP contribution in [0.2, 0.25) is 0 Å². The van der Waals surface area contributed by atoms with Crippen LogP contribution in [0.15, 0.2) is 30.3 Å². The van der Waals surface area contributed by atoms with Crippen molar-refractivity contribution in [2.75, 3.05) is 0 Å². The molecule has 14 heavy (non-hydrogen) atoms. The first-order chi connectivity index (χ1) is 6.61. The van der Waals surface area contributed by atoms with Gasteiger partial charge in [0.05, 0.1) is 0 Å². The third kappa shape index (κ3) is 2.97. The van der Waals surface area contributed by atoms with Gasteiger partial charge in [0.2, 0.25) is 0 Å². The number of ether oxygens (including phenoxy) is 1. The van der Waals surface area contributed by atoms with Crippen LogP contribution in [0.3, 0.4) is 0 Å². The molecule has 2 unspecified atom stereocenters. The van der Waals surface area contributed by atoms with E-state index in [0.717, 1.165) is 5.56 Å². The maximum atomic E-state index is 5.76. The fraction of sp³-hybridized carbons (Fsp3) is 0.300. The summed E-state index contributed by atoms with van der Waals surface area (Å²) in [6, 6.07) is 9.86. The van der Waals surface area contributed by atoms with E-state index in [0.29, 0.717) is 0 Å². The number of hydrogen-bond donors (Lipinski definition) is 2. The summed E-state index contributed by atoms with van der Waals surface area (Å²) in [5.41, 5.74) is 12.1. The van der Waals surface area contributed by atoms with Crippen LogP contribution in [0.1, 0.15) is 18.4 Å². The smallest absolute Gasteiger partial charge is 0.255 e. The first kappa shape index (κ1) is 10.9. The minimum Gasteiger partial charge on any atom is -0.452 e. The van der Waals surface area contributed by atoms with E-state index in [4.69, 9.17) is 16.2 Å². The van der Waals surface area contributed by atoms with Crippen molar-refractivity contribution in [2.24, 2.45) is 11.5 Å². The molecule has 1 aromatic rings. The van der Waals surface area contributed by atoms with Gasteiger partial charge in [-0.1, -0.05) is 37.3 Å². The van der Waals surface area contributed by atoms with E-state index in [1.54, 1.807) is 0 Å². The van der Waals surface area contributed by atoms with E-state index in [9.17, 15) is 0 Å². The molecule has 76 valence electrons. The molecule has 0 bridgehead atoms. The summed E-state index contributed by atoms with van der Waals surface area (Å²) in [4.78, 5) is 0. The first-order valence-electron chi connectivity index (χ1n) is 4.38. The molecular weight excluding hydrogens is 196 g/mol. The molecule has 0 amide bonds. The van der Waals surface area contributed by atoms with E-state index < -0.39 is 6.23 Å². The highest BCUT2D eigenvalue weighted by Crippen LogP contribution is 2.17. The lowest BCUT2D eigenvalue weighted by Gasteiger charge is -2.20. The summed E-state index contributed by atoms with van der Waals surface area (Å²) in [6.07, 6.45) is -0.491. The standard InChI is InChI=1S/C10H14N2OS/c1-7(9(11)13-10(12)14)8-5-3-2-4-6-8/h2-7,9H,11H2,1H3,(H2,12,14). The monoisotopic (exact) mass is 210 g/mol. The molecule has 1 rings (SSSR count). The van der Waals surface area contributed by atoms with Crippen LogP contribution in [0.4, 0.5) is 0 Å². The molecule has 0 radical (unpaired) electrons. The zero-order chi connectivity index (χ0) is 10.6. The molecule has 0 spiro atoms. The lowest BCUT2D eigenvalue weighted by atomic mass is 10.00. The minimum atomic E-state index is -0.491. The molecule has 0 heterocycles. The molecule has 0 aromatic heterocycles. The van der Waals surface area contributed by atoms with Gasteiger partial charge in [-0.15, -0.1) is 0 Å². The van der Waals surface area contributed by atoms with Crippen LogP contribution >= 0.6 is 12.2 Å². The summed E-state index contributed by atoms with van der Waals surface area (Å²) in [5, 5.41) is -0.0136. The SMILES string of the molecule is CC(c1ccccc1)C(N)OC(N)=S. The number of benzene rings is 1. The minimum absolute atomic E-state index is 0.0136. The maximum absolute atomic E-state index is 5.76. The summed E-state index contributed by atoms with van der Waals surface area (Å²) in [6.45, 7) is 1.97. The van der Waals surface area contributed by atoms with Gasteiger partial charge in [0.15, 0.2) is 6.23 Å². The Hall–Kier alpha value is -1.13. The van der Waals surface area contributed by atoms with Gasteiger partial charge in [-0.05, 0) is 17.8 Å². The van der Waals surface area contributed by atoms with Crippen LogP contribution in [-0.4, -0.2) is 11.4 Å². The third-order valence-electron chi connectivity index (χ3n) is 2.07. The molecule has 0 aliphatic carbocycles. The average Bonchev–Trinajstić information content (AvgIpc) is 2.17. The second-order valence-corrected chi connectivity index (χ2v) is 3.50. The average molecular weight is 210 g/mol. The van der Waals surface area contributed by atoms with Gasteiger partial charge in [0.1, 0.15) is 0 Å². The molecule has 0 saturated heterocycles. The maximum Gasteiger partial charge on any atom is 0.255 e. The van der Waals surface area contributed by atoms with Crippen LogP contribution in [0, 0.1) is 0 Å². The molecule has 0 saturated carbocycles. The lowest BCUT2D eigenvalue weighted by molar-refractivity contribution is 0.172. The largest absolute Gasteiger partial charge is 0.452 e. The lowest BCUT2D eigenvalue weighted by Crippen LogP contribution is -2.34. The Labute approximate surface area is 89.0 Å². The van der Waals surface area contributed by atoms with Gasteiger partial charge < -0.3 is 10.5 Å². The van der Waals surface area contributed by atoms with Gasteiger partial charge >= 0.3 is 0 Å². The van der Waals surface area contributed by atoms with E-state index in [1.165, 1.54) is 0 Å². The number of rotatable bonds is 3. The van der Waals surface area contributed by atoms with Crippen LogP contribution in [0.5, 0.6) is 0 Å². The summed E-state index contributed by atoms with van der Waals surface area (Å²) in [7, 11) is 0. The van der Waals surface area contributed by atoms with Gasteiger partial charge in [-0.25, -0.2) is 0 Å². The summed E-state index contributed by atoms with van der Waals surface area (Å²) >= 11 is 4.62. The van der Waals surface area contributed by atoms with E-state index in [-0.39, 0.29) is 11.1 Å². The second-order valence-electron chi connectivity index (χ2n) is 3.10. The second kappa shape index (κ2) is 4.93. The number of nitrogens with two attached hydrogens (primary N) is 2. The van der Waals surface area contributed by atoms with E-state index in [1.807, 2.05) is 37.3 Å². The predicted molar refractivity (Wildman–Crippen MR) is 60.7 cm³/mol. The Morgan fingerprint density at radius 1 is 1.36 bits per heavy atom. The number of hydrogen-bond acceptors (Lipinski definition) is 3. The molecular formula is C10H14N2OS. The van der Waals surface area contributed by atoms with Gasteiger partial charge in [-0.2, -0.15) is 0 Å². The van der Waals surface area contributed by atoms with Crippen LogP contribution in [-0.2, 0) is 4.74 Å².